The van der Waals surface area contributed by atoms with Gasteiger partial charge in [0.2, 0.25) is 0 Å². The number of hydrogen-bond donors (Lipinski definition) is 2. The summed E-state index contributed by atoms with van der Waals surface area (Å²) in [5, 5.41) is 0. The van der Waals surface area contributed by atoms with E-state index in [1.54, 1.807) is 0 Å². The Balaban J connectivity index is 2.45. The van der Waals surface area contributed by atoms with Crippen molar-refractivity contribution in [3.05, 3.63) is 50.9 Å². The molecule has 0 atom stereocenters. The van der Waals surface area contributed by atoms with E-state index < -0.39 is 0 Å². The van der Waals surface area contributed by atoms with Crippen molar-refractivity contribution in [1.29, 1.82) is 0 Å². The van der Waals surface area contributed by atoms with E-state index in [2.05, 4.69) is 25.9 Å². The minimum Gasteiger partial charge on any atom is -0.326 e. The number of rotatable bonds is 2. The lowest BCUT2D eigenvalue weighted by Gasteiger charge is -2.01. The number of aromatic amines is 1. The number of benzene rings is 1. The molecule has 2 aromatic rings. The van der Waals surface area contributed by atoms with Crippen LogP contribution in [-0.4, -0.2) is 9.97 Å². The zero-order valence-corrected chi connectivity index (χ0v) is 9.99. The van der Waals surface area contributed by atoms with E-state index in [-0.39, 0.29) is 12.1 Å². The highest BCUT2D eigenvalue weighted by Gasteiger charge is 2.03. The molecule has 0 saturated heterocycles. The largest absolute Gasteiger partial charge is 0.326 e. The predicted molar refractivity (Wildman–Crippen MR) is 65.9 cm³/mol. The van der Waals surface area contributed by atoms with Crippen LogP contribution in [0.25, 0.3) is 11.4 Å². The van der Waals surface area contributed by atoms with Gasteiger partial charge in [0.25, 0.3) is 5.56 Å². The molecular formula is C11H10BrN3O. The van der Waals surface area contributed by atoms with Gasteiger partial charge in [-0.3, -0.25) is 4.79 Å². The summed E-state index contributed by atoms with van der Waals surface area (Å²) in [6, 6.07) is 7.55. The molecule has 1 aromatic heterocycles. The average molecular weight is 280 g/mol. The second-order valence-corrected chi connectivity index (χ2v) is 4.21. The van der Waals surface area contributed by atoms with Gasteiger partial charge in [0.1, 0.15) is 5.82 Å². The van der Waals surface area contributed by atoms with Gasteiger partial charge in [-0.15, -0.1) is 0 Å². The van der Waals surface area contributed by atoms with Crippen LogP contribution in [0.4, 0.5) is 0 Å². The molecule has 82 valence electrons. The number of H-pyrrole nitrogens is 1. The van der Waals surface area contributed by atoms with Gasteiger partial charge in [-0.1, -0.05) is 28.1 Å². The number of nitrogens with two attached hydrogens (primary N) is 1. The predicted octanol–water partition coefficient (Wildman–Crippen LogP) is 1.66. The van der Waals surface area contributed by atoms with Crippen LogP contribution >= 0.6 is 15.9 Å². The number of nitrogens with one attached hydrogen (secondary N) is 1. The number of hydrogen-bond acceptors (Lipinski definition) is 3. The van der Waals surface area contributed by atoms with Crippen LogP contribution in [-0.2, 0) is 6.54 Å². The van der Waals surface area contributed by atoms with Crippen LogP contribution < -0.4 is 11.3 Å². The first-order chi connectivity index (χ1) is 7.70. The van der Waals surface area contributed by atoms with Crippen LogP contribution in [0, 0.1) is 0 Å². The minimum absolute atomic E-state index is 0.185. The maximum atomic E-state index is 11.5. The zero-order valence-electron chi connectivity index (χ0n) is 8.40. The summed E-state index contributed by atoms with van der Waals surface area (Å²) in [5.41, 5.74) is 6.56. The van der Waals surface area contributed by atoms with E-state index in [1.165, 1.54) is 6.20 Å². The van der Waals surface area contributed by atoms with Crippen molar-refractivity contribution in [1.82, 2.24) is 9.97 Å². The van der Waals surface area contributed by atoms with E-state index in [0.717, 1.165) is 10.0 Å². The Morgan fingerprint density at radius 1 is 1.31 bits per heavy atom. The summed E-state index contributed by atoms with van der Waals surface area (Å²) < 4.78 is 0.983. The highest BCUT2D eigenvalue weighted by molar-refractivity contribution is 9.10. The second-order valence-electron chi connectivity index (χ2n) is 3.30. The Bertz CT molecular complexity index is 548. The van der Waals surface area contributed by atoms with Gasteiger partial charge >= 0.3 is 0 Å². The number of halogens is 1. The molecule has 0 aliphatic carbocycles. The van der Waals surface area contributed by atoms with Gasteiger partial charge in [-0.05, 0) is 12.1 Å². The smallest absolute Gasteiger partial charge is 0.255 e. The van der Waals surface area contributed by atoms with Gasteiger partial charge in [-0.25, -0.2) is 4.98 Å². The maximum absolute atomic E-state index is 11.5. The maximum Gasteiger partial charge on any atom is 0.255 e. The molecule has 0 amide bonds. The molecule has 0 fully saturated rings. The van der Waals surface area contributed by atoms with Crippen molar-refractivity contribution in [2.75, 3.05) is 0 Å². The van der Waals surface area contributed by atoms with Gasteiger partial charge < -0.3 is 10.7 Å². The molecule has 4 nitrogen and oxygen atoms in total. The molecule has 16 heavy (non-hydrogen) atoms. The Morgan fingerprint density at radius 2 is 2.00 bits per heavy atom. The van der Waals surface area contributed by atoms with Crippen molar-refractivity contribution in [3.63, 3.8) is 0 Å². The molecule has 0 radical (unpaired) electrons. The van der Waals surface area contributed by atoms with E-state index in [9.17, 15) is 4.79 Å². The van der Waals surface area contributed by atoms with Crippen LogP contribution in [0.15, 0.2) is 39.7 Å². The van der Waals surface area contributed by atoms with Gasteiger partial charge in [0.15, 0.2) is 0 Å². The molecule has 0 aliphatic heterocycles. The molecule has 0 aliphatic rings. The van der Waals surface area contributed by atoms with Gasteiger partial charge in [0, 0.05) is 28.3 Å². The Morgan fingerprint density at radius 3 is 2.56 bits per heavy atom. The summed E-state index contributed by atoms with van der Waals surface area (Å²) in [5.74, 6) is 0.551. The molecule has 5 heteroatoms. The second kappa shape index (κ2) is 4.59. The highest BCUT2D eigenvalue weighted by atomic mass is 79.9. The third kappa shape index (κ3) is 2.20. The molecule has 1 aromatic carbocycles. The lowest BCUT2D eigenvalue weighted by molar-refractivity contribution is 0.979. The van der Waals surface area contributed by atoms with Gasteiger partial charge in [-0.2, -0.15) is 0 Å². The first-order valence-electron chi connectivity index (χ1n) is 4.75. The molecule has 0 spiro atoms. The molecule has 0 saturated carbocycles. The minimum atomic E-state index is -0.185. The fourth-order valence-electron chi connectivity index (χ4n) is 1.32. The summed E-state index contributed by atoms with van der Waals surface area (Å²) in [6.07, 6.45) is 1.51. The average Bonchev–Trinajstić information content (AvgIpc) is 2.30. The molecule has 0 unspecified atom stereocenters. The third-order valence-electron chi connectivity index (χ3n) is 2.21. The normalized spacial score (nSPS) is 10.4. The molecule has 2 rings (SSSR count). The van der Waals surface area contributed by atoms with Crippen molar-refractivity contribution in [3.8, 4) is 11.4 Å². The number of aromatic nitrogens is 2. The van der Waals surface area contributed by atoms with Crippen molar-refractivity contribution >= 4 is 15.9 Å². The Labute approximate surface area is 101 Å². The quantitative estimate of drug-likeness (QED) is 0.878. The standard InChI is InChI=1S/C11H10BrN3O/c12-9-3-1-7(2-4-9)10-14-6-8(5-13)11(16)15-10/h1-4,6H,5,13H2,(H,14,15,16). The number of nitrogens with zero attached hydrogens (tertiary/aromatic N) is 1. The highest BCUT2D eigenvalue weighted by Crippen LogP contribution is 2.17. The van der Waals surface area contributed by atoms with E-state index >= 15 is 0 Å². The third-order valence-corrected chi connectivity index (χ3v) is 2.74. The van der Waals surface area contributed by atoms with Crippen molar-refractivity contribution in [2.45, 2.75) is 6.54 Å². The summed E-state index contributed by atoms with van der Waals surface area (Å²) >= 11 is 3.35. The van der Waals surface area contributed by atoms with Crippen LogP contribution in [0.3, 0.4) is 0 Å². The first kappa shape index (κ1) is 11.0. The Hall–Kier alpha value is -1.46. The van der Waals surface area contributed by atoms with Crippen molar-refractivity contribution in [2.24, 2.45) is 5.73 Å². The van der Waals surface area contributed by atoms with Crippen LogP contribution in [0.1, 0.15) is 5.56 Å². The van der Waals surface area contributed by atoms with Crippen molar-refractivity contribution < 1.29 is 0 Å². The Kier molecular flexibility index (Phi) is 3.17. The van der Waals surface area contributed by atoms with E-state index in [1.807, 2.05) is 24.3 Å². The lowest BCUT2D eigenvalue weighted by Crippen LogP contribution is -2.17. The fraction of sp³-hybridized carbons (Fsp3) is 0.0909. The topological polar surface area (TPSA) is 71.8 Å². The molecule has 1 heterocycles. The molecule has 0 bridgehead atoms. The summed E-state index contributed by atoms with van der Waals surface area (Å²) in [7, 11) is 0. The van der Waals surface area contributed by atoms with E-state index in [0.29, 0.717) is 11.4 Å². The summed E-state index contributed by atoms with van der Waals surface area (Å²) in [6.45, 7) is 0.197. The zero-order chi connectivity index (χ0) is 11.5. The van der Waals surface area contributed by atoms with Crippen LogP contribution in [0.2, 0.25) is 0 Å². The molecular weight excluding hydrogens is 270 g/mol. The first-order valence-corrected chi connectivity index (χ1v) is 5.54. The van der Waals surface area contributed by atoms with E-state index in [4.69, 9.17) is 5.73 Å². The monoisotopic (exact) mass is 279 g/mol. The lowest BCUT2D eigenvalue weighted by atomic mass is 10.2. The van der Waals surface area contributed by atoms with Crippen LogP contribution in [0.5, 0.6) is 0 Å². The SMILES string of the molecule is NCc1cnc(-c2ccc(Br)cc2)[nH]c1=O. The van der Waals surface area contributed by atoms with Gasteiger partial charge in [0.05, 0.1) is 0 Å². The summed E-state index contributed by atoms with van der Waals surface area (Å²) in [4.78, 5) is 18.4. The fourth-order valence-corrected chi connectivity index (χ4v) is 1.59. The molecule has 3 N–H and O–H groups in total.